The first-order chi connectivity index (χ1) is 10.2. The highest BCUT2D eigenvalue weighted by Crippen LogP contribution is 2.35. The number of fused-ring (bicyclic) bond motifs is 1. The smallest absolute Gasteiger partial charge is 0.295 e. The summed E-state index contributed by atoms with van der Waals surface area (Å²) in [6.07, 6.45) is 4.01. The maximum Gasteiger partial charge on any atom is 0.295 e. The Bertz CT molecular complexity index is 603. The Hall–Kier alpha value is -2.18. The fourth-order valence-corrected chi connectivity index (χ4v) is 2.32. The van der Waals surface area contributed by atoms with E-state index in [0.717, 1.165) is 38.8 Å². The number of nitro benzene ring substituents is 1. The van der Waals surface area contributed by atoms with Gasteiger partial charge in [0.05, 0.1) is 4.92 Å². The molecule has 0 atom stereocenters. The second-order valence-electron chi connectivity index (χ2n) is 5.02. The zero-order chi connectivity index (χ0) is 15.2. The number of anilines is 1. The van der Waals surface area contributed by atoms with Gasteiger partial charge in [0, 0.05) is 19.2 Å². The molecule has 0 aliphatic heterocycles. The molecule has 0 saturated heterocycles. The third kappa shape index (κ3) is 3.29. The second-order valence-corrected chi connectivity index (χ2v) is 5.02. The molecule has 2 aromatic rings. The Labute approximate surface area is 123 Å². The molecule has 0 unspecified atom stereocenters. The van der Waals surface area contributed by atoms with E-state index in [9.17, 15) is 10.1 Å². The maximum absolute atomic E-state index is 11.3. The molecule has 114 valence electrons. The predicted octanol–water partition coefficient (Wildman–Crippen LogP) is 3.54. The van der Waals surface area contributed by atoms with Crippen LogP contribution in [-0.4, -0.2) is 28.3 Å². The topological polar surface area (TPSA) is 85.3 Å². The third-order valence-electron chi connectivity index (χ3n) is 3.46. The summed E-state index contributed by atoms with van der Waals surface area (Å²) in [5, 5.41) is 19.0. The Morgan fingerprint density at radius 2 is 1.86 bits per heavy atom. The van der Waals surface area contributed by atoms with Crippen LogP contribution >= 0.6 is 0 Å². The van der Waals surface area contributed by atoms with Gasteiger partial charge in [-0.3, -0.25) is 10.1 Å². The fraction of sp³-hybridized carbons (Fsp3) is 0.571. The quantitative estimate of drug-likeness (QED) is 0.546. The molecule has 0 amide bonds. The minimum atomic E-state index is -0.367. The molecule has 0 aliphatic rings. The predicted molar refractivity (Wildman–Crippen MR) is 80.5 cm³/mol. The molecule has 0 radical (unpaired) electrons. The summed E-state index contributed by atoms with van der Waals surface area (Å²) >= 11 is 0. The van der Waals surface area contributed by atoms with Crippen molar-refractivity contribution in [1.82, 2.24) is 10.3 Å². The van der Waals surface area contributed by atoms with Crippen molar-refractivity contribution in [3.8, 4) is 0 Å². The summed E-state index contributed by atoms with van der Waals surface area (Å²) in [5.74, 6) is 0. The van der Waals surface area contributed by atoms with Gasteiger partial charge in [-0.05, 0) is 29.2 Å². The van der Waals surface area contributed by atoms with Crippen molar-refractivity contribution in [2.24, 2.45) is 0 Å². The SMILES string of the molecule is CCCCN(CCCC)c1c([N+](=O)[O-])ccc2nonc12. The minimum Gasteiger partial charge on any atom is -0.364 e. The molecule has 21 heavy (non-hydrogen) atoms. The van der Waals surface area contributed by atoms with Crippen LogP contribution in [0.5, 0.6) is 0 Å². The van der Waals surface area contributed by atoms with Gasteiger partial charge in [0.2, 0.25) is 0 Å². The molecule has 1 aromatic heterocycles. The molecule has 0 saturated carbocycles. The average molecular weight is 292 g/mol. The second kappa shape index (κ2) is 7.01. The third-order valence-corrected chi connectivity index (χ3v) is 3.46. The van der Waals surface area contributed by atoms with Gasteiger partial charge in [-0.25, -0.2) is 4.63 Å². The van der Waals surface area contributed by atoms with E-state index in [1.165, 1.54) is 6.07 Å². The standard InChI is InChI=1S/C14H20N4O3/c1-3-5-9-17(10-6-4-2)14-12(18(19)20)8-7-11-13(14)16-21-15-11/h7-8H,3-6,9-10H2,1-2H3. The van der Waals surface area contributed by atoms with Gasteiger partial charge >= 0.3 is 0 Å². The van der Waals surface area contributed by atoms with Gasteiger partial charge in [0.15, 0.2) is 5.52 Å². The maximum atomic E-state index is 11.3. The normalized spacial score (nSPS) is 11.0. The van der Waals surface area contributed by atoms with Crippen molar-refractivity contribution in [2.45, 2.75) is 39.5 Å². The molecule has 0 spiro atoms. The molecule has 2 rings (SSSR count). The first kappa shape index (κ1) is 15.2. The molecule has 1 aromatic carbocycles. The van der Waals surface area contributed by atoms with Crippen molar-refractivity contribution in [3.05, 3.63) is 22.2 Å². The van der Waals surface area contributed by atoms with Crippen molar-refractivity contribution < 1.29 is 9.55 Å². The monoisotopic (exact) mass is 292 g/mol. The lowest BCUT2D eigenvalue weighted by molar-refractivity contribution is -0.384. The number of unbranched alkanes of at least 4 members (excludes halogenated alkanes) is 2. The Morgan fingerprint density at radius 3 is 2.43 bits per heavy atom. The van der Waals surface area contributed by atoms with Gasteiger partial charge in [-0.1, -0.05) is 26.7 Å². The van der Waals surface area contributed by atoms with Crippen LogP contribution in [0.2, 0.25) is 0 Å². The Kier molecular flexibility index (Phi) is 5.08. The number of benzene rings is 1. The number of hydrogen-bond donors (Lipinski definition) is 0. The highest BCUT2D eigenvalue weighted by atomic mass is 16.6. The summed E-state index contributed by atoms with van der Waals surface area (Å²) < 4.78 is 4.75. The average Bonchev–Trinajstić information content (AvgIpc) is 2.95. The van der Waals surface area contributed by atoms with E-state index >= 15 is 0 Å². The molecule has 1 heterocycles. The molecular weight excluding hydrogens is 272 g/mol. The van der Waals surface area contributed by atoms with Crippen LogP contribution in [0.1, 0.15) is 39.5 Å². The van der Waals surface area contributed by atoms with Gasteiger partial charge in [0.1, 0.15) is 11.2 Å². The van der Waals surface area contributed by atoms with E-state index in [2.05, 4.69) is 24.2 Å². The van der Waals surface area contributed by atoms with Crippen LogP contribution in [-0.2, 0) is 0 Å². The molecule has 0 N–H and O–H groups in total. The molecule has 7 heteroatoms. The van der Waals surface area contributed by atoms with Gasteiger partial charge in [-0.2, -0.15) is 0 Å². The minimum absolute atomic E-state index is 0.0606. The highest BCUT2D eigenvalue weighted by molar-refractivity contribution is 5.93. The number of nitrogens with zero attached hydrogens (tertiary/aromatic N) is 4. The molecule has 7 nitrogen and oxygen atoms in total. The van der Waals surface area contributed by atoms with Crippen LogP contribution in [0.25, 0.3) is 11.0 Å². The van der Waals surface area contributed by atoms with Crippen LogP contribution in [0.4, 0.5) is 11.4 Å². The van der Waals surface area contributed by atoms with Crippen LogP contribution in [0.15, 0.2) is 16.8 Å². The van der Waals surface area contributed by atoms with Gasteiger partial charge < -0.3 is 4.90 Å². The van der Waals surface area contributed by atoms with Gasteiger partial charge in [-0.15, -0.1) is 0 Å². The zero-order valence-electron chi connectivity index (χ0n) is 12.4. The Balaban J connectivity index is 2.49. The largest absolute Gasteiger partial charge is 0.364 e. The van der Waals surface area contributed by atoms with Gasteiger partial charge in [0.25, 0.3) is 5.69 Å². The Morgan fingerprint density at radius 1 is 1.19 bits per heavy atom. The number of nitro groups is 1. The van der Waals surface area contributed by atoms with E-state index in [4.69, 9.17) is 4.63 Å². The van der Waals surface area contributed by atoms with E-state index in [-0.39, 0.29) is 10.6 Å². The summed E-state index contributed by atoms with van der Waals surface area (Å²) in [7, 11) is 0. The first-order valence-electron chi connectivity index (χ1n) is 7.33. The molecular formula is C14H20N4O3. The van der Waals surface area contributed by atoms with Crippen LogP contribution < -0.4 is 4.90 Å². The van der Waals surface area contributed by atoms with E-state index in [1.807, 2.05) is 4.90 Å². The number of aromatic nitrogens is 2. The fourth-order valence-electron chi connectivity index (χ4n) is 2.32. The van der Waals surface area contributed by atoms with Crippen molar-refractivity contribution in [1.29, 1.82) is 0 Å². The van der Waals surface area contributed by atoms with E-state index in [0.29, 0.717) is 16.7 Å². The lowest BCUT2D eigenvalue weighted by atomic mass is 10.1. The summed E-state index contributed by atoms with van der Waals surface area (Å²) in [4.78, 5) is 13.0. The van der Waals surface area contributed by atoms with Crippen LogP contribution in [0, 0.1) is 10.1 Å². The number of hydrogen-bond acceptors (Lipinski definition) is 6. The van der Waals surface area contributed by atoms with E-state index in [1.54, 1.807) is 6.07 Å². The number of rotatable bonds is 8. The lowest BCUT2D eigenvalue weighted by Crippen LogP contribution is -2.26. The van der Waals surface area contributed by atoms with Crippen LogP contribution in [0.3, 0.4) is 0 Å². The zero-order valence-corrected chi connectivity index (χ0v) is 12.4. The van der Waals surface area contributed by atoms with Crippen molar-refractivity contribution >= 4 is 22.4 Å². The lowest BCUT2D eigenvalue weighted by Gasteiger charge is -2.24. The summed E-state index contributed by atoms with van der Waals surface area (Å²) in [6.45, 7) is 5.74. The summed E-state index contributed by atoms with van der Waals surface area (Å²) in [5.41, 5.74) is 1.61. The summed E-state index contributed by atoms with van der Waals surface area (Å²) in [6, 6.07) is 3.05. The molecule has 0 bridgehead atoms. The van der Waals surface area contributed by atoms with Crippen molar-refractivity contribution in [3.63, 3.8) is 0 Å². The van der Waals surface area contributed by atoms with E-state index < -0.39 is 0 Å². The highest BCUT2D eigenvalue weighted by Gasteiger charge is 2.24. The van der Waals surface area contributed by atoms with Crippen molar-refractivity contribution in [2.75, 3.05) is 18.0 Å². The molecule has 0 aliphatic carbocycles. The first-order valence-corrected chi connectivity index (χ1v) is 7.33. The molecule has 0 fully saturated rings.